The van der Waals surface area contributed by atoms with Gasteiger partial charge < -0.3 is 5.32 Å². The van der Waals surface area contributed by atoms with Gasteiger partial charge in [0.1, 0.15) is 0 Å². The highest BCUT2D eigenvalue weighted by Crippen LogP contribution is 2.33. The lowest BCUT2D eigenvalue weighted by molar-refractivity contribution is 0.445. The largest absolute Gasteiger partial charge is 0.312 e. The van der Waals surface area contributed by atoms with Crippen LogP contribution in [0.3, 0.4) is 0 Å². The Hall–Kier alpha value is -0.870. The zero-order valence-corrected chi connectivity index (χ0v) is 12.9. The maximum atomic E-state index is 12.0. The molecule has 1 aromatic carbocycles. The fourth-order valence-corrected chi connectivity index (χ4v) is 2.91. The minimum atomic E-state index is -3.15. The lowest BCUT2D eigenvalue weighted by Crippen LogP contribution is -2.44. The van der Waals surface area contributed by atoms with Crippen LogP contribution in [0, 0.1) is 13.8 Å². The molecule has 0 radical (unpaired) electrons. The summed E-state index contributed by atoms with van der Waals surface area (Å²) in [5.74, 6) is 0. The molecule has 0 aliphatic carbocycles. The molecule has 1 unspecified atom stereocenters. The average Bonchev–Trinajstić information content (AvgIpc) is 2.20. The molecule has 0 bridgehead atoms. The first-order valence-electron chi connectivity index (χ1n) is 6.05. The van der Waals surface area contributed by atoms with Crippen molar-refractivity contribution in [1.82, 2.24) is 5.32 Å². The van der Waals surface area contributed by atoms with Gasteiger partial charge >= 0.3 is 0 Å². The standard InChI is InChI=1S/C14H23NO2S/c1-10-7-8-12(11(2)9-10)13(15-5)14(3,4)18(6,16)17/h7-9,13,15H,1-6H3. The lowest BCUT2D eigenvalue weighted by Gasteiger charge is -2.33. The Morgan fingerprint density at radius 3 is 2.17 bits per heavy atom. The number of aryl methyl sites for hydroxylation is 2. The van der Waals surface area contributed by atoms with Crippen molar-refractivity contribution >= 4 is 9.84 Å². The first-order valence-corrected chi connectivity index (χ1v) is 7.94. The Labute approximate surface area is 111 Å². The van der Waals surface area contributed by atoms with Crippen LogP contribution in [0.25, 0.3) is 0 Å². The Morgan fingerprint density at radius 2 is 1.78 bits per heavy atom. The van der Waals surface area contributed by atoms with E-state index in [-0.39, 0.29) is 6.04 Å². The second-order valence-electron chi connectivity index (χ2n) is 5.46. The number of hydrogen-bond acceptors (Lipinski definition) is 3. The van der Waals surface area contributed by atoms with E-state index in [1.807, 2.05) is 26.0 Å². The summed E-state index contributed by atoms with van der Waals surface area (Å²) in [6, 6.07) is 5.90. The van der Waals surface area contributed by atoms with Crippen molar-refractivity contribution in [2.45, 2.75) is 38.5 Å². The molecule has 0 fully saturated rings. The van der Waals surface area contributed by atoms with E-state index >= 15 is 0 Å². The van der Waals surface area contributed by atoms with Gasteiger partial charge in [0.05, 0.1) is 10.8 Å². The summed E-state index contributed by atoms with van der Waals surface area (Å²) in [7, 11) is -1.35. The average molecular weight is 269 g/mol. The summed E-state index contributed by atoms with van der Waals surface area (Å²) >= 11 is 0. The van der Waals surface area contributed by atoms with Crippen molar-refractivity contribution in [2.24, 2.45) is 0 Å². The van der Waals surface area contributed by atoms with Crippen molar-refractivity contribution in [1.29, 1.82) is 0 Å². The van der Waals surface area contributed by atoms with Crippen LogP contribution in [-0.4, -0.2) is 26.5 Å². The van der Waals surface area contributed by atoms with E-state index in [9.17, 15) is 8.42 Å². The number of benzene rings is 1. The number of hydrogen-bond donors (Lipinski definition) is 1. The molecule has 18 heavy (non-hydrogen) atoms. The summed E-state index contributed by atoms with van der Waals surface area (Å²) in [6.07, 6.45) is 1.29. The van der Waals surface area contributed by atoms with Gasteiger partial charge in [-0.2, -0.15) is 0 Å². The molecule has 1 rings (SSSR count). The first kappa shape index (κ1) is 15.2. The molecule has 0 aliphatic heterocycles. The van der Waals surface area contributed by atoms with Crippen LogP contribution in [0.2, 0.25) is 0 Å². The zero-order chi connectivity index (χ0) is 14.1. The molecular formula is C14H23NO2S. The van der Waals surface area contributed by atoms with Crippen LogP contribution in [-0.2, 0) is 9.84 Å². The van der Waals surface area contributed by atoms with Crippen LogP contribution in [0.1, 0.15) is 36.6 Å². The molecule has 4 heteroatoms. The van der Waals surface area contributed by atoms with Gasteiger partial charge in [0, 0.05) is 6.26 Å². The molecule has 0 spiro atoms. The SMILES string of the molecule is CNC(c1ccc(C)cc1C)C(C)(C)S(C)(=O)=O. The molecule has 0 amide bonds. The quantitative estimate of drug-likeness (QED) is 0.913. The van der Waals surface area contributed by atoms with Crippen molar-refractivity contribution in [2.75, 3.05) is 13.3 Å². The minimum Gasteiger partial charge on any atom is -0.312 e. The van der Waals surface area contributed by atoms with Gasteiger partial charge in [-0.05, 0) is 45.9 Å². The predicted molar refractivity (Wildman–Crippen MR) is 76.6 cm³/mol. The fraction of sp³-hybridized carbons (Fsp3) is 0.571. The van der Waals surface area contributed by atoms with E-state index in [4.69, 9.17) is 0 Å². The minimum absolute atomic E-state index is 0.215. The second-order valence-corrected chi connectivity index (χ2v) is 8.05. The molecule has 3 nitrogen and oxygen atoms in total. The third kappa shape index (κ3) is 2.75. The molecule has 1 N–H and O–H groups in total. The van der Waals surface area contributed by atoms with Crippen molar-refractivity contribution in [3.8, 4) is 0 Å². The third-order valence-corrected chi connectivity index (χ3v) is 5.82. The first-order chi connectivity index (χ1) is 8.11. The molecule has 1 atom stereocenters. The van der Waals surface area contributed by atoms with Gasteiger partial charge in [0.25, 0.3) is 0 Å². The van der Waals surface area contributed by atoms with Gasteiger partial charge in [0.15, 0.2) is 9.84 Å². The highest BCUT2D eigenvalue weighted by Gasteiger charge is 2.39. The molecule has 102 valence electrons. The number of nitrogens with one attached hydrogen (secondary N) is 1. The maximum Gasteiger partial charge on any atom is 0.154 e. The van der Waals surface area contributed by atoms with Gasteiger partial charge in [0.2, 0.25) is 0 Å². The fourth-order valence-electron chi connectivity index (χ4n) is 2.24. The second kappa shape index (κ2) is 5.02. The number of sulfone groups is 1. The predicted octanol–water partition coefficient (Wildman–Crippen LogP) is 2.39. The third-order valence-electron chi connectivity index (χ3n) is 3.68. The van der Waals surface area contributed by atoms with Gasteiger partial charge in [-0.3, -0.25) is 0 Å². The zero-order valence-electron chi connectivity index (χ0n) is 12.0. The van der Waals surface area contributed by atoms with E-state index < -0.39 is 14.6 Å². The van der Waals surface area contributed by atoms with E-state index in [1.165, 1.54) is 11.8 Å². The maximum absolute atomic E-state index is 12.0. The summed E-state index contributed by atoms with van der Waals surface area (Å²) in [5, 5.41) is 3.15. The van der Waals surface area contributed by atoms with Gasteiger partial charge in [-0.25, -0.2) is 8.42 Å². The van der Waals surface area contributed by atoms with Crippen LogP contribution in [0.5, 0.6) is 0 Å². The van der Waals surface area contributed by atoms with Crippen LogP contribution < -0.4 is 5.32 Å². The monoisotopic (exact) mass is 269 g/mol. The molecule has 1 aromatic rings. The summed E-state index contributed by atoms with van der Waals surface area (Å²) < 4.78 is 23.1. The van der Waals surface area contributed by atoms with Gasteiger partial charge in [-0.1, -0.05) is 23.8 Å². The smallest absolute Gasteiger partial charge is 0.154 e. The van der Waals surface area contributed by atoms with Crippen LogP contribution >= 0.6 is 0 Å². The van der Waals surface area contributed by atoms with Crippen molar-refractivity contribution < 1.29 is 8.42 Å². The topological polar surface area (TPSA) is 46.2 Å². The van der Waals surface area contributed by atoms with Gasteiger partial charge in [-0.15, -0.1) is 0 Å². The van der Waals surface area contributed by atoms with E-state index in [2.05, 4.69) is 11.4 Å². The highest BCUT2D eigenvalue weighted by molar-refractivity contribution is 7.92. The lowest BCUT2D eigenvalue weighted by atomic mass is 9.91. The molecule has 0 aliphatic rings. The Kier molecular flexibility index (Phi) is 4.23. The van der Waals surface area contributed by atoms with Crippen molar-refractivity contribution in [3.05, 3.63) is 34.9 Å². The summed E-state index contributed by atoms with van der Waals surface area (Å²) in [4.78, 5) is 0. The number of rotatable bonds is 4. The van der Waals surface area contributed by atoms with E-state index in [0.29, 0.717) is 0 Å². The molecule has 0 aromatic heterocycles. The van der Waals surface area contributed by atoms with Crippen molar-refractivity contribution in [3.63, 3.8) is 0 Å². The summed E-state index contributed by atoms with van der Waals surface area (Å²) in [5.41, 5.74) is 3.34. The Bertz CT molecular complexity index is 533. The summed E-state index contributed by atoms with van der Waals surface area (Å²) in [6.45, 7) is 7.59. The Balaban J connectivity index is 3.35. The molecular weight excluding hydrogens is 246 g/mol. The van der Waals surface area contributed by atoms with Crippen LogP contribution in [0.15, 0.2) is 18.2 Å². The normalized spacial score (nSPS) is 14.6. The molecule has 0 saturated heterocycles. The molecule has 0 saturated carbocycles. The van der Waals surface area contributed by atoms with Crippen LogP contribution in [0.4, 0.5) is 0 Å². The highest BCUT2D eigenvalue weighted by atomic mass is 32.2. The van der Waals surface area contributed by atoms with E-state index in [1.54, 1.807) is 20.9 Å². The Morgan fingerprint density at radius 1 is 1.22 bits per heavy atom. The van der Waals surface area contributed by atoms with E-state index in [0.717, 1.165) is 11.1 Å². The molecule has 0 heterocycles.